The molecule has 0 bridgehead atoms. The zero-order valence-corrected chi connectivity index (χ0v) is 12.7. The van der Waals surface area contributed by atoms with Crippen molar-refractivity contribution in [1.29, 1.82) is 0 Å². The standard InChI is InChI=1S/C16H22N2O3/c1-3-21-15(19)11-13-6-9-18(10-7-13)12-14-5-4-8-17-16(14)20-2/h4-5,8,11H,3,6-7,9-10,12H2,1-2H3. The number of likely N-dealkylation sites (tertiary alicyclic amines) is 1. The summed E-state index contributed by atoms with van der Waals surface area (Å²) in [7, 11) is 1.64. The molecule has 0 amide bonds. The van der Waals surface area contributed by atoms with Crippen LogP contribution in [-0.4, -0.2) is 42.7 Å². The predicted octanol–water partition coefficient (Wildman–Crippen LogP) is 2.18. The van der Waals surface area contributed by atoms with E-state index in [2.05, 4.69) is 9.88 Å². The molecule has 5 heteroatoms. The van der Waals surface area contributed by atoms with Gasteiger partial charge in [-0.05, 0) is 25.8 Å². The largest absolute Gasteiger partial charge is 0.481 e. The molecule has 0 unspecified atom stereocenters. The quantitative estimate of drug-likeness (QED) is 0.614. The molecule has 0 aliphatic carbocycles. The van der Waals surface area contributed by atoms with Crippen LogP contribution >= 0.6 is 0 Å². The van der Waals surface area contributed by atoms with E-state index in [0.29, 0.717) is 12.5 Å². The van der Waals surface area contributed by atoms with Crippen molar-refractivity contribution >= 4 is 5.97 Å². The Bertz CT molecular complexity index is 504. The summed E-state index contributed by atoms with van der Waals surface area (Å²) in [5.74, 6) is 0.459. The van der Waals surface area contributed by atoms with Crippen LogP contribution in [0.1, 0.15) is 25.3 Å². The molecule has 114 valence electrons. The summed E-state index contributed by atoms with van der Waals surface area (Å²) in [5.41, 5.74) is 2.26. The van der Waals surface area contributed by atoms with Gasteiger partial charge in [0.25, 0.3) is 0 Å². The van der Waals surface area contributed by atoms with Gasteiger partial charge in [0.05, 0.1) is 13.7 Å². The Labute approximate surface area is 125 Å². The van der Waals surface area contributed by atoms with E-state index >= 15 is 0 Å². The molecule has 5 nitrogen and oxygen atoms in total. The second-order valence-corrected chi connectivity index (χ2v) is 5.00. The number of pyridine rings is 1. The number of hydrogen-bond donors (Lipinski definition) is 0. The highest BCUT2D eigenvalue weighted by Crippen LogP contribution is 2.21. The lowest BCUT2D eigenvalue weighted by atomic mass is 10.0. The van der Waals surface area contributed by atoms with Gasteiger partial charge in [0.2, 0.25) is 5.88 Å². The normalized spacial score (nSPS) is 15.6. The Morgan fingerprint density at radius 3 is 2.86 bits per heavy atom. The predicted molar refractivity (Wildman–Crippen MR) is 80.0 cm³/mol. The third-order valence-electron chi connectivity index (χ3n) is 3.54. The summed E-state index contributed by atoms with van der Waals surface area (Å²) >= 11 is 0. The van der Waals surface area contributed by atoms with Crippen molar-refractivity contribution in [3.05, 3.63) is 35.5 Å². The highest BCUT2D eigenvalue weighted by atomic mass is 16.5. The highest BCUT2D eigenvalue weighted by molar-refractivity contribution is 5.82. The summed E-state index contributed by atoms with van der Waals surface area (Å²) in [4.78, 5) is 18.0. The van der Waals surface area contributed by atoms with Gasteiger partial charge in [-0.25, -0.2) is 9.78 Å². The maximum absolute atomic E-state index is 11.4. The number of carbonyl (C=O) groups is 1. The molecule has 0 saturated carbocycles. The van der Waals surface area contributed by atoms with Crippen molar-refractivity contribution in [3.63, 3.8) is 0 Å². The molecule has 2 rings (SSSR count). The van der Waals surface area contributed by atoms with Crippen LogP contribution in [0, 0.1) is 0 Å². The monoisotopic (exact) mass is 290 g/mol. The van der Waals surface area contributed by atoms with Gasteiger partial charge in [0.15, 0.2) is 0 Å². The number of carbonyl (C=O) groups excluding carboxylic acids is 1. The molecule has 1 aromatic heterocycles. The molecule has 0 spiro atoms. The van der Waals surface area contributed by atoms with Gasteiger partial charge in [-0.2, -0.15) is 0 Å². The molecule has 1 aliphatic heterocycles. The van der Waals surface area contributed by atoms with Crippen LogP contribution in [0.5, 0.6) is 5.88 Å². The lowest BCUT2D eigenvalue weighted by Crippen LogP contribution is -2.30. The lowest BCUT2D eigenvalue weighted by Gasteiger charge is -2.28. The summed E-state index contributed by atoms with van der Waals surface area (Å²) in [6.07, 6.45) is 5.19. The first-order valence-electron chi connectivity index (χ1n) is 7.29. The fraction of sp³-hybridized carbons (Fsp3) is 0.500. The molecule has 0 N–H and O–H groups in total. The molecule has 0 aromatic carbocycles. The molecular weight excluding hydrogens is 268 g/mol. The molecule has 1 fully saturated rings. The van der Waals surface area contributed by atoms with E-state index in [1.54, 1.807) is 19.4 Å². The van der Waals surface area contributed by atoms with Crippen LogP contribution in [0.25, 0.3) is 0 Å². The highest BCUT2D eigenvalue weighted by Gasteiger charge is 2.16. The smallest absolute Gasteiger partial charge is 0.330 e. The lowest BCUT2D eigenvalue weighted by molar-refractivity contribution is -0.137. The van der Waals surface area contributed by atoms with Crippen molar-refractivity contribution in [3.8, 4) is 5.88 Å². The number of hydrogen-bond acceptors (Lipinski definition) is 5. The van der Waals surface area contributed by atoms with E-state index < -0.39 is 0 Å². The van der Waals surface area contributed by atoms with Crippen LogP contribution in [-0.2, 0) is 16.1 Å². The fourth-order valence-corrected chi connectivity index (χ4v) is 2.46. The number of piperidine rings is 1. The first-order valence-corrected chi connectivity index (χ1v) is 7.29. The number of methoxy groups -OCH3 is 1. The molecule has 1 aromatic rings. The van der Waals surface area contributed by atoms with E-state index in [0.717, 1.165) is 38.0 Å². The van der Waals surface area contributed by atoms with Crippen molar-refractivity contribution in [2.75, 3.05) is 26.8 Å². The fourth-order valence-electron chi connectivity index (χ4n) is 2.46. The minimum Gasteiger partial charge on any atom is -0.481 e. The molecule has 1 saturated heterocycles. The van der Waals surface area contributed by atoms with Crippen molar-refractivity contribution in [2.45, 2.75) is 26.3 Å². The average Bonchev–Trinajstić information content (AvgIpc) is 2.50. The number of nitrogens with zero attached hydrogens (tertiary/aromatic N) is 2. The average molecular weight is 290 g/mol. The van der Waals surface area contributed by atoms with Gasteiger partial charge in [-0.1, -0.05) is 11.6 Å². The van der Waals surface area contributed by atoms with Crippen LogP contribution in [0.3, 0.4) is 0 Å². The van der Waals surface area contributed by atoms with E-state index in [9.17, 15) is 4.79 Å². The Hall–Kier alpha value is -1.88. The minimum absolute atomic E-state index is 0.227. The van der Waals surface area contributed by atoms with Gasteiger partial charge in [-0.15, -0.1) is 0 Å². The number of rotatable bonds is 5. The first-order chi connectivity index (χ1) is 10.2. The number of ether oxygens (including phenoxy) is 2. The third-order valence-corrected chi connectivity index (χ3v) is 3.54. The summed E-state index contributed by atoms with van der Waals surface area (Å²) in [6, 6.07) is 3.96. The van der Waals surface area contributed by atoms with Gasteiger partial charge >= 0.3 is 5.97 Å². The van der Waals surface area contributed by atoms with Crippen LogP contribution < -0.4 is 4.74 Å². The van der Waals surface area contributed by atoms with Crippen molar-refractivity contribution in [1.82, 2.24) is 9.88 Å². The molecule has 0 radical (unpaired) electrons. The summed E-state index contributed by atoms with van der Waals surface area (Å²) in [5, 5.41) is 0. The molecular formula is C16H22N2O3. The first kappa shape index (κ1) is 15.5. The summed E-state index contributed by atoms with van der Waals surface area (Å²) in [6.45, 7) is 4.94. The Morgan fingerprint density at radius 2 is 2.19 bits per heavy atom. The topological polar surface area (TPSA) is 51.7 Å². The molecule has 21 heavy (non-hydrogen) atoms. The zero-order valence-electron chi connectivity index (χ0n) is 12.7. The molecule has 2 heterocycles. The van der Waals surface area contributed by atoms with E-state index in [4.69, 9.17) is 9.47 Å². The zero-order chi connectivity index (χ0) is 15.1. The maximum atomic E-state index is 11.4. The minimum atomic E-state index is -0.227. The van der Waals surface area contributed by atoms with Gasteiger partial charge in [-0.3, -0.25) is 4.90 Å². The van der Waals surface area contributed by atoms with E-state index in [-0.39, 0.29) is 5.97 Å². The van der Waals surface area contributed by atoms with Crippen LogP contribution in [0.15, 0.2) is 30.0 Å². The molecule has 1 aliphatic rings. The number of esters is 1. The Balaban J connectivity index is 1.88. The third kappa shape index (κ3) is 4.56. The summed E-state index contributed by atoms with van der Waals surface area (Å²) < 4.78 is 10.2. The Morgan fingerprint density at radius 1 is 1.43 bits per heavy atom. The second-order valence-electron chi connectivity index (χ2n) is 5.00. The SMILES string of the molecule is CCOC(=O)C=C1CCN(Cc2cccnc2OC)CC1. The maximum Gasteiger partial charge on any atom is 0.330 e. The van der Waals surface area contributed by atoms with Crippen molar-refractivity contribution < 1.29 is 14.3 Å². The number of aromatic nitrogens is 1. The Kier molecular flexibility index (Phi) is 5.75. The van der Waals surface area contributed by atoms with Gasteiger partial charge in [0.1, 0.15) is 0 Å². The van der Waals surface area contributed by atoms with Crippen LogP contribution in [0.2, 0.25) is 0 Å². The van der Waals surface area contributed by atoms with Gasteiger partial charge < -0.3 is 9.47 Å². The second kappa shape index (κ2) is 7.78. The van der Waals surface area contributed by atoms with Crippen LogP contribution in [0.4, 0.5) is 0 Å². The van der Waals surface area contributed by atoms with E-state index in [1.807, 2.05) is 19.1 Å². The molecule has 0 atom stereocenters. The van der Waals surface area contributed by atoms with E-state index in [1.165, 1.54) is 5.57 Å². The van der Waals surface area contributed by atoms with Crippen molar-refractivity contribution in [2.24, 2.45) is 0 Å². The van der Waals surface area contributed by atoms with Gasteiger partial charge in [0, 0.05) is 37.5 Å².